The maximum Gasteiger partial charge on any atom is 0.166 e. The molecule has 0 aliphatic heterocycles. The number of benzene rings is 10. The van der Waals surface area contributed by atoms with Crippen LogP contribution in [0.2, 0.25) is 0 Å². The predicted molar refractivity (Wildman–Crippen MR) is 275 cm³/mol. The molecule has 0 aliphatic carbocycles. The van der Waals surface area contributed by atoms with Crippen molar-refractivity contribution in [2.75, 3.05) is 0 Å². The minimum Gasteiger partial charge on any atom is -0.456 e. The average molecular weight is 856 g/mol. The van der Waals surface area contributed by atoms with Crippen LogP contribution in [0.25, 0.3) is 133 Å². The summed E-state index contributed by atoms with van der Waals surface area (Å²) in [5.74, 6) is 1.70. The summed E-state index contributed by atoms with van der Waals surface area (Å²) in [6.45, 7) is 0. The Kier molecular flexibility index (Phi) is 8.18. The first-order valence-corrected chi connectivity index (χ1v) is 22.6. The van der Waals surface area contributed by atoms with Crippen LogP contribution in [0.5, 0.6) is 0 Å². The molecule has 0 unspecified atom stereocenters. The lowest BCUT2D eigenvalue weighted by atomic mass is 10.0. The minimum absolute atomic E-state index is 0.543. The molecule has 0 amide bonds. The predicted octanol–water partition coefficient (Wildman–Crippen LogP) is 15.8. The van der Waals surface area contributed by atoms with Gasteiger partial charge in [0.1, 0.15) is 11.2 Å². The average Bonchev–Trinajstić information content (AvgIpc) is 4.04. The molecular formula is C61H37N5O. The van der Waals surface area contributed by atoms with Crippen molar-refractivity contribution in [3.63, 3.8) is 0 Å². The molecule has 14 rings (SSSR count). The van der Waals surface area contributed by atoms with E-state index in [0.29, 0.717) is 17.5 Å². The van der Waals surface area contributed by atoms with Gasteiger partial charge in [-0.3, -0.25) is 0 Å². The summed E-state index contributed by atoms with van der Waals surface area (Å²) in [6.07, 6.45) is 0. The SMILES string of the molecule is c1ccc(-c2cccc(-c3nc(-c4ccc5c(c4)c4ccccc4n5-c4ccccc4)nc(-c4cc5oc6ccccc6c5cc4-n4c5ccccc5c5cc6ccccc6cc54)n3)c2)cc1. The summed E-state index contributed by atoms with van der Waals surface area (Å²) in [5, 5.41) is 9.06. The van der Waals surface area contributed by atoms with E-state index in [-0.39, 0.29) is 0 Å². The van der Waals surface area contributed by atoms with Gasteiger partial charge in [0.2, 0.25) is 0 Å². The minimum atomic E-state index is 0.543. The van der Waals surface area contributed by atoms with Gasteiger partial charge in [0.05, 0.1) is 27.8 Å². The highest BCUT2D eigenvalue weighted by Crippen LogP contribution is 2.42. The number of fused-ring (bicyclic) bond motifs is 10. The van der Waals surface area contributed by atoms with Crippen LogP contribution in [0.4, 0.5) is 0 Å². The van der Waals surface area contributed by atoms with Gasteiger partial charge in [-0.1, -0.05) is 146 Å². The molecule has 0 radical (unpaired) electrons. The third-order valence-corrected chi connectivity index (χ3v) is 13.3. The quantitative estimate of drug-likeness (QED) is 0.167. The third kappa shape index (κ3) is 5.93. The van der Waals surface area contributed by atoms with Crippen LogP contribution in [-0.4, -0.2) is 24.1 Å². The highest BCUT2D eigenvalue weighted by molar-refractivity contribution is 6.15. The smallest absolute Gasteiger partial charge is 0.166 e. The lowest BCUT2D eigenvalue weighted by molar-refractivity contribution is 0.669. The van der Waals surface area contributed by atoms with Gasteiger partial charge in [-0.2, -0.15) is 0 Å². The van der Waals surface area contributed by atoms with Crippen molar-refractivity contribution < 1.29 is 4.42 Å². The number of rotatable bonds is 6. The summed E-state index contributed by atoms with van der Waals surface area (Å²) in [5.41, 5.74) is 12.9. The van der Waals surface area contributed by atoms with Crippen LogP contribution >= 0.6 is 0 Å². The summed E-state index contributed by atoms with van der Waals surface area (Å²) < 4.78 is 11.4. The molecule has 4 aromatic heterocycles. The molecule has 0 bridgehead atoms. The number of nitrogens with zero attached hydrogens (tertiary/aromatic N) is 5. The highest BCUT2D eigenvalue weighted by Gasteiger charge is 2.23. The highest BCUT2D eigenvalue weighted by atomic mass is 16.3. The first-order chi connectivity index (χ1) is 33.2. The fourth-order valence-corrected chi connectivity index (χ4v) is 10.2. The number of para-hydroxylation sites is 4. The summed E-state index contributed by atoms with van der Waals surface area (Å²) >= 11 is 0. The Bertz CT molecular complexity index is 4280. The molecule has 0 saturated heterocycles. The van der Waals surface area contributed by atoms with E-state index in [2.05, 4.69) is 215 Å². The maximum absolute atomic E-state index is 6.66. The Morgan fingerprint density at radius 3 is 1.64 bits per heavy atom. The van der Waals surface area contributed by atoms with Crippen LogP contribution in [0.15, 0.2) is 229 Å². The number of hydrogen-bond donors (Lipinski definition) is 0. The van der Waals surface area contributed by atoms with Gasteiger partial charge >= 0.3 is 0 Å². The van der Waals surface area contributed by atoms with Crippen molar-refractivity contribution >= 4 is 76.3 Å². The second-order valence-electron chi connectivity index (χ2n) is 17.2. The molecule has 0 atom stereocenters. The Morgan fingerprint density at radius 2 is 0.866 bits per heavy atom. The molecule has 14 aromatic rings. The molecule has 67 heavy (non-hydrogen) atoms. The van der Waals surface area contributed by atoms with Gasteiger partial charge in [-0.25, -0.2) is 15.0 Å². The summed E-state index contributed by atoms with van der Waals surface area (Å²) in [7, 11) is 0. The molecule has 6 heteroatoms. The number of hydrogen-bond acceptors (Lipinski definition) is 4. The van der Waals surface area contributed by atoms with E-state index in [9.17, 15) is 0 Å². The van der Waals surface area contributed by atoms with Crippen molar-refractivity contribution in [2.24, 2.45) is 0 Å². The fourth-order valence-electron chi connectivity index (χ4n) is 10.2. The fraction of sp³-hybridized carbons (Fsp3) is 0. The summed E-state index contributed by atoms with van der Waals surface area (Å²) in [4.78, 5) is 16.3. The Hall–Kier alpha value is -9.13. The van der Waals surface area contributed by atoms with Gasteiger partial charge in [0.15, 0.2) is 17.5 Å². The van der Waals surface area contributed by atoms with Gasteiger partial charge in [0.25, 0.3) is 0 Å². The lowest BCUT2D eigenvalue weighted by Gasteiger charge is -2.15. The first kappa shape index (κ1) is 37.3. The largest absolute Gasteiger partial charge is 0.456 e. The number of aromatic nitrogens is 5. The van der Waals surface area contributed by atoms with Crippen molar-refractivity contribution in [2.45, 2.75) is 0 Å². The molecular weight excluding hydrogens is 819 g/mol. The van der Waals surface area contributed by atoms with Gasteiger partial charge in [-0.15, -0.1) is 0 Å². The molecule has 0 aliphatic rings. The van der Waals surface area contributed by atoms with E-state index < -0.39 is 0 Å². The van der Waals surface area contributed by atoms with Crippen molar-refractivity contribution in [3.05, 3.63) is 224 Å². The van der Waals surface area contributed by atoms with Crippen molar-refractivity contribution in [1.29, 1.82) is 0 Å². The van der Waals surface area contributed by atoms with Gasteiger partial charge in [0, 0.05) is 54.7 Å². The van der Waals surface area contributed by atoms with Gasteiger partial charge < -0.3 is 13.6 Å². The maximum atomic E-state index is 6.66. The van der Waals surface area contributed by atoms with E-state index in [1.54, 1.807) is 0 Å². The van der Waals surface area contributed by atoms with E-state index in [1.165, 1.54) is 21.5 Å². The monoisotopic (exact) mass is 855 g/mol. The second kappa shape index (κ2) is 14.7. The molecule has 0 spiro atoms. The summed E-state index contributed by atoms with van der Waals surface area (Å²) in [6, 6.07) is 79.2. The molecule has 0 saturated carbocycles. The molecule has 0 fully saturated rings. The zero-order chi connectivity index (χ0) is 44.0. The van der Waals surface area contributed by atoms with Crippen LogP contribution in [0.1, 0.15) is 0 Å². The zero-order valence-corrected chi connectivity index (χ0v) is 36.0. The normalized spacial score (nSPS) is 11.9. The van der Waals surface area contributed by atoms with E-state index in [4.69, 9.17) is 19.4 Å². The topological polar surface area (TPSA) is 61.7 Å². The van der Waals surface area contributed by atoms with Crippen LogP contribution < -0.4 is 0 Å². The van der Waals surface area contributed by atoms with Crippen LogP contribution in [-0.2, 0) is 0 Å². The van der Waals surface area contributed by atoms with Crippen molar-refractivity contribution in [1.82, 2.24) is 24.1 Å². The number of furan rings is 1. The zero-order valence-electron chi connectivity index (χ0n) is 36.0. The third-order valence-electron chi connectivity index (χ3n) is 13.3. The first-order valence-electron chi connectivity index (χ1n) is 22.6. The van der Waals surface area contributed by atoms with E-state index in [0.717, 1.165) is 94.0 Å². The van der Waals surface area contributed by atoms with Crippen LogP contribution in [0.3, 0.4) is 0 Å². The van der Waals surface area contributed by atoms with Gasteiger partial charge in [-0.05, 0) is 101 Å². The van der Waals surface area contributed by atoms with Crippen molar-refractivity contribution in [3.8, 4) is 56.7 Å². The Morgan fingerprint density at radius 1 is 0.299 bits per heavy atom. The molecule has 10 aromatic carbocycles. The van der Waals surface area contributed by atoms with E-state index >= 15 is 0 Å². The molecule has 0 N–H and O–H groups in total. The van der Waals surface area contributed by atoms with E-state index in [1.807, 2.05) is 18.2 Å². The molecule has 4 heterocycles. The Labute approximate surface area is 384 Å². The molecule has 312 valence electrons. The lowest BCUT2D eigenvalue weighted by Crippen LogP contribution is -2.04. The van der Waals surface area contributed by atoms with Crippen LogP contribution in [0, 0.1) is 0 Å². The second-order valence-corrected chi connectivity index (χ2v) is 17.2. The standard InChI is InChI=1S/C61H37N5O/c1-3-16-38(17-4-1)39-20-15-21-42(32-39)59-62-60(43-30-31-54-48(34-43)45-24-9-12-27-52(45)65(54)44-22-5-2-6-23-44)64-61(63-59)51-37-58-50(47-26-11-14-29-57(47)67-58)36-56(51)66-53-28-13-10-25-46(53)49-33-40-18-7-8-19-41(40)35-55(49)66/h1-37H. The molecule has 6 nitrogen and oxygen atoms in total. The Balaban J connectivity index is 1.07.